The van der Waals surface area contributed by atoms with Crippen molar-refractivity contribution >= 4 is 16.6 Å². The molecule has 0 amide bonds. The van der Waals surface area contributed by atoms with Crippen molar-refractivity contribution in [3.63, 3.8) is 0 Å². The number of carbonyl (C=O) groups excluding carboxylic acids is 1. The van der Waals surface area contributed by atoms with Gasteiger partial charge in [-0.05, 0) is 36.4 Å². The third-order valence-corrected chi connectivity index (χ3v) is 3.77. The quantitative estimate of drug-likeness (QED) is 0.279. The predicted octanol–water partition coefficient (Wildman–Crippen LogP) is 5.35. The Kier molecular flexibility index (Phi) is 8.37. The third-order valence-electron chi connectivity index (χ3n) is 3.77. The van der Waals surface area contributed by atoms with Crippen molar-refractivity contribution in [2.24, 2.45) is 0 Å². The Labute approximate surface area is 168 Å². The monoisotopic (exact) mass is 525 g/mol. The fourth-order valence-electron chi connectivity index (χ4n) is 2.44. The second kappa shape index (κ2) is 10.0. The van der Waals surface area contributed by atoms with Crippen LogP contribution in [0, 0.1) is 19.9 Å². The maximum atomic E-state index is 10.0. The van der Waals surface area contributed by atoms with Crippen molar-refractivity contribution in [1.29, 1.82) is 0 Å². The second-order valence-electron chi connectivity index (χ2n) is 5.99. The van der Waals surface area contributed by atoms with Crippen molar-refractivity contribution in [2.45, 2.75) is 27.7 Å². The van der Waals surface area contributed by atoms with E-state index >= 15 is 0 Å². The Morgan fingerprint density at radius 3 is 2.38 bits per heavy atom. The van der Waals surface area contributed by atoms with Crippen LogP contribution in [0.4, 0.5) is 0 Å². The van der Waals surface area contributed by atoms with Gasteiger partial charge < -0.3 is 10.1 Å². The SMILES string of the molecule is CC(=O)/C=C(/C)O.Cc1c[c-]c(-c2nccc3ccccc23)cc1C.[Ir]. The summed E-state index contributed by atoms with van der Waals surface area (Å²) in [6, 6.07) is 17.9. The van der Waals surface area contributed by atoms with E-state index in [0.29, 0.717) is 0 Å². The summed E-state index contributed by atoms with van der Waals surface area (Å²) in [5, 5.41) is 10.8. The number of nitrogens with zero attached hydrogens (tertiary/aromatic N) is 1. The van der Waals surface area contributed by atoms with Crippen molar-refractivity contribution in [1.82, 2.24) is 4.98 Å². The number of rotatable bonds is 2. The van der Waals surface area contributed by atoms with Gasteiger partial charge in [-0.15, -0.1) is 34.9 Å². The smallest absolute Gasteiger partial charge is 0.155 e. The average molecular weight is 525 g/mol. The molecule has 1 radical (unpaired) electrons. The number of aliphatic hydroxyl groups excluding tert-OH is 1. The van der Waals surface area contributed by atoms with Crippen LogP contribution in [0.2, 0.25) is 0 Å². The summed E-state index contributed by atoms with van der Waals surface area (Å²) >= 11 is 0. The maximum absolute atomic E-state index is 10.0. The molecule has 0 spiro atoms. The molecule has 0 fully saturated rings. The minimum atomic E-state index is -0.125. The number of fused-ring (bicyclic) bond motifs is 1. The van der Waals surface area contributed by atoms with E-state index in [-0.39, 0.29) is 31.6 Å². The van der Waals surface area contributed by atoms with Crippen LogP contribution in [0.3, 0.4) is 0 Å². The van der Waals surface area contributed by atoms with E-state index in [1.807, 2.05) is 18.3 Å². The minimum Gasteiger partial charge on any atom is -0.512 e. The average Bonchev–Trinajstić information content (AvgIpc) is 2.56. The molecule has 0 saturated heterocycles. The van der Waals surface area contributed by atoms with Gasteiger partial charge in [0.1, 0.15) is 0 Å². The van der Waals surface area contributed by atoms with Crippen LogP contribution in [0.25, 0.3) is 22.0 Å². The Morgan fingerprint density at radius 1 is 1.12 bits per heavy atom. The minimum absolute atomic E-state index is 0. The van der Waals surface area contributed by atoms with Crippen LogP contribution in [0.5, 0.6) is 0 Å². The summed E-state index contributed by atoms with van der Waals surface area (Å²) < 4.78 is 0. The van der Waals surface area contributed by atoms with Crippen LogP contribution >= 0.6 is 0 Å². The molecule has 2 aromatic carbocycles. The van der Waals surface area contributed by atoms with E-state index in [1.54, 1.807) is 0 Å². The van der Waals surface area contributed by atoms with E-state index in [9.17, 15) is 4.79 Å². The first kappa shape index (κ1) is 21.8. The molecule has 0 saturated carbocycles. The van der Waals surface area contributed by atoms with Crippen molar-refractivity contribution in [2.75, 3.05) is 0 Å². The van der Waals surface area contributed by atoms with Crippen LogP contribution < -0.4 is 0 Å². The van der Waals surface area contributed by atoms with Gasteiger partial charge in [-0.25, -0.2) is 0 Å². The number of aryl methyl sites for hydroxylation is 2. The Hall–Kier alpha value is -2.29. The number of benzene rings is 2. The number of hydrogen-bond acceptors (Lipinski definition) is 3. The summed E-state index contributed by atoms with van der Waals surface area (Å²) in [5.41, 5.74) is 4.61. The number of aliphatic hydroxyl groups is 1. The summed E-state index contributed by atoms with van der Waals surface area (Å²) in [6.07, 6.45) is 3.03. The molecule has 0 unspecified atom stereocenters. The van der Waals surface area contributed by atoms with E-state index in [0.717, 1.165) is 11.3 Å². The maximum Gasteiger partial charge on any atom is 0.155 e. The molecule has 0 atom stereocenters. The zero-order chi connectivity index (χ0) is 18.4. The largest absolute Gasteiger partial charge is 0.512 e. The van der Waals surface area contributed by atoms with Gasteiger partial charge in [0.2, 0.25) is 0 Å². The molecule has 3 aromatic rings. The van der Waals surface area contributed by atoms with Crippen LogP contribution in [-0.4, -0.2) is 15.9 Å². The van der Waals surface area contributed by atoms with Gasteiger partial charge in [-0.2, -0.15) is 0 Å². The zero-order valence-electron chi connectivity index (χ0n) is 15.3. The molecular weight excluding hydrogens is 502 g/mol. The molecule has 4 heteroatoms. The predicted molar refractivity (Wildman–Crippen MR) is 103 cm³/mol. The number of pyridine rings is 1. The van der Waals surface area contributed by atoms with Crippen molar-refractivity contribution in [3.8, 4) is 11.3 Å². The summed E-state index contributed by atoms with van der Waals surface area (Å²) in [7, 11) is 0. The Morgan fingerprint density at radius 2 is 1.81 bits per heavy atom. The van der Waals surface area contributed by atoms with Crippen LogP contribution in [0.15, 0.2) is 60.5 Å². The molecule has 0 bridgehead atoms. The molecular formula is C22H22IrNO2-. The Bertz CT molecular complexity index is 923. The summed E-state index contributed by atoms with van der Waals surface area (Å²) in [6.45, 7) is 7.07. The van der Waals surface area contributed by atoms with Gasteiger partial charge in [0.15, 0.2) is 5.78 Å². The molecule has 3 rings (SSSR count). The number of hydrogen-bond donors (Lipinski definition) is 1. The van der Waals surface area contributed by atoms with Gasteiger partial charge in [-0.3, -0.25) is 4.79 Å². The second-order valence-corrected chi connectivity index (χ2v) is 5.99. The first-order chi connectivity index (χ1) is 11.9. The van der Waals surface area contributed by atoms with Gasteiger partial charge in [-0.1, -0.05) is 38.1 Å². The standard InChI is InChI=1S/C17H14N.C5H8O2.Ir/c1-12-7-8-15(11-13(12)2)17-16-6-4-3-5-14(16)9-10-18-17;1-4(6)3-5(2)7;/h3-7,9-11H,1-2H3;3,6H,1-2H3;/q-1;;/b;4-3-;. The number of carbonyl (C=O) groups is 1. The van der Waals surface area contributed by atoms with Gasteiger partial charge in [0, 0.05) is 32.4 Å². The first-order valence-corrected chi connectivity index (χ1v) is 8.09. The van der Waals surface area contributed by atoms with E-state index < -0.39 is 0 Å². The normalized spacial score (nSPS) is 10.5. The number of ketones is 1. The molecule has 1 heterocycles. The number of aromatic nitrogens is 1. The zero-order valence-corrected chi connectivity index (χ0v) is 17.7. The molecule has 0 aliphatic rings. The van der Waals surface area contributed by atoms with E-state index in [4.69, 9.17) is 5.11 Å². The molecule has 1 N–H and O–H groups in total. The van der Waals surface area contributed by atoms with Gasteiger partial charge in [0.25, 0.3) is 0 Å². The van der Waals surface area contributed by atoms with Gasteiger partial charge >= 0.3 is 0 Å². The molecule has 0 aliphatic carbocycles. The fraction of sp³-hybridized carbons (Fsp3) is 0.182. The van der Waals surface area contributed by atoms with Crippen molar-refractivity contribution in [3.05, 3.63) is 77.7 Å². The van der Waals surface area contributed by atoms with Crippen LogP contribution in [-0.2, 0) is 24.9 Å². The topological polar surface area (TPSA) is 50.2 Å². The number of allylic oxidation sites excluding steroid dienone is 2. The molecule has 1 aromatic heterocycles. The van der Waals surface area contributed by atoms with Crippen LogP contribution in [0.1, 0.15) is 25.0 Å². The van der Waals surface area contributed by atoms with E-state index in [1.165, 1.54) is 41.8 Å². The molecule has 0 aliphatic heterocycles. The van der Waals surface area contributed by atoms with Gasteiger partial charge in [0.05, 0.1) is 5.76 Å². The Balaban J connectivity index is 0.000000366. The summed E-state index contributed by atoms with van der Waals surface area (Å²) in [5.74, 6) is -0.0625. The fourth-order valence-corrected chi connectivity index (χ4v) is 2.44. The summed E-state index contributed by atoms with van der Waals surface area (Å²) in [4.78, 5) is 14.5. The van der Waals surface area contributed by atoms with Crippen molar-refractivity contribution < 1.29 is 30.0 Å². The van der Waals surface area contributed by atoms with E-state index in [2.05, 4.69) is 55.2 Å². The third kappa shape index (κ3) is 5.90. The molecule has 137 valence electrons. The molecule has 26 heavy (non-hydrogen) atoms. The molecule has 3 nitrogen and oxygen atoms in total. The first-order valence-electron chi connectivity index (χ1n) is 8.09.